The molecule has 3 nitrogen and oxygen atoms in total. The van der Waals surface area contributed by atoms with Gasteiger partial charge in [-0.1, -0.05) is 30.3 Å². The Morgan fingerprint density at radius 1 is 0.882 bits per heavy atom. The molecule has 0 aliphatic carbocycles. The Bertz CT molecular complexity index is 496. The van der Waals surface area contributed by atoms with Crippen LogP contribution in [0.25, 0.3) is 0 Å². The molecule has 3 heteroatoms. The largest absolute Gasteiger partial charge is 0.482 e. The second-order valence-corrected chi connectivity index (χ2v) is 3.74. The molecule has 2 aromatic rings. The topological polar surface area (TPSA) is 27.7 Å². The molecule has 0 radical (unpaired) electrons. The summed E-state index contributed by atoms with van der Waals surface area (Å²) in [5, 5.41) is 0. The Morgan fingerprint density at radius 2 is 1.59 bits per heavy atom. The van der Waals surface area contributed by atoms with Crippen molar-refractivity contribution in [1.29, 1.82) is 0 Å². The molecule has 1 unspecified atom stereocenters. The van der Waals surface area contributed by atoms with Crippen LogP contribution >= 0.6 is 0 Å². The van der Waals surface area contributed by atoms with E-state index in [1.165, 1.54) is 0 Å². The van der Waals surface area contributed by atoms with Crippen molar-refractivity contribution in [3.63, 3.8) is 0 Å². The summed E-state index contributed by atoms with van der Waals surface area (Å²) in [6, 6.07) is 17.2. The molecule has 1 heterocycles. The number of hydrogen-bond acceptors (Lipinski definition) is 3. The van der Waals surface area contributed by atoms with Crippen LogP contribution < -0.4 is 14.2 Å². The molecule has 0 saturated heterocycles. The number of para-hydroxylation sites is 3. The third-order valence-corrected chi connectivity index (χ3v) is 2.49. The fourth-order valence-electron chi connectivity index (χ4n) is 1.71. The van der Waals surface area contributed by atoms with Crippen LogP contribution in [0.4, 0.5) is 0 Å². The minimum atomic E-state index is -0.396. The van der Waals surface area contributed by atoms with Gasteiger partial charge in [-0.25, -0.2) is 0 Å². The molecule has 0 aromatic heterocycles. The zero-order valence-electron chi connectivity index (χ0n) is 9.21. The SMILES string of the molecule is c1ccc(OC2COc3ccccc3O2)cc1. The Hall–Kier alpha value is -2.16. The second-order valence-electron chi connectivity index (χ2n) is 3.74. The third-order valence-electron chi connectivity index (χ3n) is 2.49. The highest BCUT2D eigenvalue weighted by atomic mass is 16.7. The summed E-state index contributed by atoms with van der Waals surface area (Å²) in [4.78, 5) is 0. The maximum absolute atomic E-state index is 5.69. The average Bonchev–Trinajstić information content (AvgIpc) is 2.40. The average molecular weight is 228 g/mol. The summed E-state index contributed by atoms with van der Waals surface area (Å²) >= 11 is 0. The Morgan fingerprint density at radius 3 is 2.41 bits per heavy atom. The van der Waals surface area contributed by atoms with Gasteiger partial charge in [0.2, 0.25) is 0 Å². The van der Waals surface area contributed by atoms with E-state index < -0.39 is 6.29 Å². The van der Waals surface area contributed by atoms with Crippen LogP contribution in [0.3, 0.4) is 0 Å². The minimum absolute atomic E-state index is 0.395. The Labute approximate surface area is 99.6 Å². The quantitative estimate of drug-likeness (QED) is 0.791. The molecular weight excluding hydrogens is 216 g/mol. The van der Waals surface area contributed by atoms with Gasteiger partial charge in [-0.05, 0) is 24.3 Å². The van der Waals surface area contributed by atoms with E-state index in [2.05, 4.69) is 0 Å². The van der Waals surface area contributed by atoms with Crippen molar-refractivity contribution < 1.29 is 14.2 Å². The summed E-state index contributed by atoms with van der Waals surface area (Å²) in [5.41, 5.74) is 0. The lowest BCUT2D eigenvalue weighted by Crippen LogP contribution is -2.34. The zero-order valence-corrected chi connectivity index (χ0v) is 9.21. The number of rotatable bonds is 2. The molecule has 3 rings (SSSR count). The molecule has 0 bridgehead atoms. The van der Waals surface area contributed by atoms with Crippen LogP contribution in [0.5, 0.6) is 17.2 Å². The molecule has 2 aromatic carbocycles. The predicted molar refractivity (Wildman–Crippen MR) is 63.4 cm³/mol. The number of benzene rings is 2. The molecule has 1 atom stereocenters. The van der Waals surface area contributed by atoms with E-state index in [9.17, 15) is 0 Å². The van der Waals surface area contributed by atoms with Crippen molar-refractivity contribution in [2.75, 3.05) is 6.61 Å². The molecule has 0 N–H and O–H groups in total. The minimum Gasteiger partial charge on any atom is -0.482 e. The molecule has 0 spiro atoms. The number of fused-ring (bicyclic) bond motifs is 1. The highest BCUT2D eigenvalue weighted by Crippen LogP contribution is 2.31. The number of ether oxygens (including phenoxy) is 3. The van der Waals surface area contributed by atoms with Gasteiger partial charge in [0.1, 0.15) is 5.75 Å². The molecule has 86 valence electrons. The lowest BCUT2D eigenvalue weighted by atomic mass is 10.3. The maximum Gasteiger partial charge on any atom is 0.275 e. The molecule has 0 saturated carbocycles. The highest BCUT2D eigenvalue weighted by Gasteiger charge is 2.21. The van der Waals surface area contributed by atoms with Crippen molar-refractivity contribution in [3.05, 3.63) is 54.6 Å². The first-order valence-electron chi connectivity index (χ1n) is 5.52. The smallest absolute Gasteiger partial charge is 0.275 e. The summed E-state index contributed by atoms with van der Waals surface area (Å²) < 4.78 is 16.9. The lowest BCUT2D eigenvalue weighted by Gasteiger charge is -2.26. The maximum atomic E-state index is 5.69. The molecule has 1 aliphatic heterocycles. The van der Waals surface area contributed by atoms with Gasteiger partial charge in [0.25, 0.3) is 6.29 Å². The second kappa shape index (κ2) is 4.37. The van der Waals surface area contributed by atoms with Crippen LogP contribution in [-0.2, 0) is 0 Å². The van der Waals surface area contributed by atoms with Gasteiger partial charge >= 0.3 is 0 Å². The summed E-state index contributed by atoms with van der Waals surface area (Å²) in [5.74, 6) is 2.26. The van der Waals surface area contributed by atoms with Crippen LogP contribution in [0.15, 0.2) is 54.6 Å². The molecule has 1 aliphatic rings. The van der Waals surface area contributed by atoms with Gasteiger partial charge in [0.05, 0.1) is 0 Å². The van der Waals surface area contributed by atoms with Gasteiger partial charge in [-0.3, -0.25) is 0 Å². The van der Waals surface area contributed by atoms with Crippen LogP contribution in [0.2, 0.25) is 0 Å². The van der Waals surface area contributed by atoms with Crippen molar-refractivity contribution in [3.8, 4) is 17.2 Å². The van der Waals surface area contributed by atoms with Crippen molar-refractivity contribution in [2.24, 2.45) is 0 Å². The van der Waals surface area contributed by atoms with Gasteiger partial charge in [0, 0.05) is 0 Å². The lowest BCUT2D eigenvalue weighted by molar-refractivity contribution is -0.0480. The van der Waals surface area contributed by atoms with Gasteiger partial charge < -0.3 is 14.2 Å². The fourth-order valence-corrected chi connectivity index (χ4v) is 1.71. The van der Waals surface area contributed by atoms with Crippen molar-refractivity contribution in [1.82, 2.24) is 0 Å². The van der Waals surface area contributed by atoms with E-state index in [0.717, 1.165) is 17.2 Å². The van der Waals surface area contributed by atoms with E-state index in [-0.39, 0.29) is 0 Å². The predicted octanol–water partition coefficient (Wildman–Crippen LogP) is 2.86. The number of hydrogen-bond donors (Lipinski definition) is 0. The van der Waals surface area contributed by atoms with Gasteiger partial charge in [-0.2, -0.15) is 0 Å². The van der Waals surface area contributed by atoms with E-state index in [0.29, 0.717) is 6.61 Å². The van der Waals surface area contributed by atoms with Gasteiger partial charge in [0.15, 0.2) is 18.1 Å². The third kappa shape index (κ3) is 2.18. The molecule has 17 heavy (non-hydrogen) atoms. The first kappa shape index (κ1) is 10.0. The van der Waals surface area contributed by atoms with E-state index in [1.54, 1.807) is 0 Å². The Balaban J connectivity index is 1.72. The zero-order chi connectivity index (χ0) is 11.5. The first-order chi connectivity index (χ1) is 8.42. The monoisotopic (exact) mass is 228 g/mol. The fraction of sp³-hybridized carbons (Fsp3) is 0.143. The van der Waals surface area contributed by atoms with Crippen LogP contribution in [-0.4, -0.2) is 12.9 Å². The molecular formula is C14H12O3. The van der Waals surface area contributed by atoms with E-state index in [1.807, 2.05) is 54.6 Å². The van der Waals surface area contributed by atoms with Crippen molar-refractivity contribution in [2.45, 2.75) is 6.29 Å². The standard InChI is InChI=1S/C14H12O3/c1-2-6-11(7-3-1)16-14-10-15-12-8-4-5-9-13(12)17-14/h1-9,14H,10H2. The van der Waals surface area contributed by atoms with Crippen LogP contribution in [0, 0.1) is 0 Å². The van der Waals surface area contributed by atoms with E-state index in [4.69, 9.17) is 14.2 Å². The summed E-state index contributed by atoms with van der Waals surface area (Å²) in [7, 11) is 0. The molecule has 0 fully saturated rings. The summed E-state index contributed by atoms with van der Waals surface area (Å²) in [6.07, 6.45) is -0.396. The van der Waals surface area contributed by atoms with Crippen molar-refractivity contribution >= 4 is 0 Å². The molecule has 0 amide bonds. The first-order valence-corrected chi connectivity index (χ1v) is 5.52. The van der Waals surface area contributed by atoms with Gasteiger partial charge in [-0.15, -0.1) is 0 Å². The normalized spacial score (nSPS) is 17.5. The highest BCUT2D eigenvalue weighted by molar-refractivity contribution is 5.40. The van der Waals surface area contributed by atoms with Crippen LogP contribution in [0.1, 0.15) is 0 Å². The Kier molecular flexibility index (Phi) is 2.58. The summed E-state index contributed by atoms with van der Waals surface area (Å²) in [6.45, 7) is 0.395. The van der Waals surface area contributed by atoms with E-state index >= 15 is 0 Å².